The highest BCUT2D eigenvalue weighted by Crippen LogP contribution is 2.22. The Balaban J connectivity index is 1.95. The van der Waals surface area contributed by atoms with Crippen LogP contribution in [0, 0.1) is 6.92 Å². The van der Waals surface area contributed by atoms with Crippen LogP contribution in [-0.2, 0) is 10.2 Å². The number of nitrogens with one attached hydrogen (secondary N) is 1. The molecule has 0 spiro atoms. The Hall–Kier alpha value is -1.60. The predicted molar refractivity (Wildman–Crippen MR) is 62.9 cm³/mol. The molecule has 1 N–H and O–H groups in total. The second-order valence-corrected chi connectivity index (χ2v) is 5.59. The summed E-state index contributed by atoms with van der Waals surface area (Å²) in [6, 6.07) is 5.04. The highest BCUT2D eigenvalue weighted by Gasteiger charge is 2.31. The highest BCUT2D eigenvalue weighted by molar-refractivity contribution is 7.90. The zero-order valence-electron chi connectivity index (χ0n) is 9.17. The monoisotopic (exact) mass is 253 g/mol. The van der Waals surface area contributed by atoms with Crippen molar-refractivity contribution >= 4 is 27.0 Å². The standard InChI is InChI=1S/C10H11N3O3S/c1-7-11-9-3-2-8(6-10(9)16-7)12-17(14,15)13-4-5-13/h2-3,6,12H,4-5H2,1H3. The molecular formula is C10H11N3O3S. The Morgan fingerprint density at radius 2 is 2.18 bits per heavy atom. The summed E-state index contributed by atoms with van der Waals surface area (Å²) in [5, 5.41) is 0. The SMILES string of the molecule is Cc1nc2ccc(NS(=O)(=O)N3CC3)cc2o1. The minimum atomic E-state index is -3.38. The summed E-state index contributed by atoms with van der Waals surface area (Å²) in [5.74, 6) is 0.561. The summed E-state index contributed by atoms with van der Waals surface area (Å²) in [7, 11) is -3.38. The normalized spacial score (nSPS) is 16.3. The molecule has 1 fully saturated rings. The van der Waals surface area contributed by atoms with Crippen molar-refractivity contribution in [1.29, 1.82) is 0 Å². The lowest BCUT2D eigenvalue weighted by Crippen LogP contribution is -2.20. The van der Waals surface area contributed by atoms with Crippen molar-refractivity contribution in [3.63, 3.8) is 0 Å². The molecule has 1 aliphatic heterocycles. The number of aryl methyl sites for hydroxylation is 1. The molecule has 0 bridgehead atoms. The third kappa shape index (κ3) is 1.98. The Labute approximate surface area is 98.4 Å². The molecule has 2 heterocycles. The lowest BCUT2D eigenvalue weighted by molar-refractivity contribution is 0.561. The fourth-order valence-corrected chi connectivity index (χ4v) is 2.71. The molecule has 1 aromatic carbocycles. The molecule has 7 heteroatoms. The number of benzene rings is 1. The van der Waals surface area contributed by atoms with E-state index in [-0.39, 0.29) is 0 Å². The summed E-state index contributed by atoms with van der Waals surface area (Å²) < 4.78 is 32.5. The van der Waals surface area contributed by atoms with Gasteiger partial charge >= 0.3 is 10.2 Å². The van der Waals surface area contributed by atoms with Crippen molar-refractivity contribution in [2.75, 3.05) is 17.8 Å². The lowest BCUT2D eigenvalue weighted by atomic mass is 10.3. The maximum Gasteiger partial charge on any atom is 0.301 e. The second-order valence-electron chi connectivity index (χ2n) is 3.92. The van der Waals surface area contributed by atoms with Crippen LogP contribution in [0.25, 0.3) is 11.1 Å². The van der Waals surface area contributed by atoms with E-state index in [1.165, 1.54) is 4.31 Å². The Morgan fingerprint density at radius 3 is 2.88 bits per heavy atom. The van der Waals surface area contributed by atoms with Gasteiger partial charge in [0.1, 0.15) is 5.52 Å². The summed E-state index contributed by atoms with van der Waals surface area (Å²) in [4.78, 5) is 4.14. The summed E-state index contributed by atoms with van der Waals surface area (Å²) in [6.07, 6.45) is 0. The molecule has 90 valence electrons. The van der Waals surface area contributed by atoms with Crippen LogP contribution >= 0.6 is 0 Å². The molecule has 0 unspecified atom stereocenters. The average Bonchev–Trinajstić information content (AvgIpc) is 3.01. The van der Waals surface area contributed by atoms with E-state index in [4.69, 9.17) is 4.42 Å². The van der Waals surface area contributed by atoms with Crippen LogP contribution in [0.1, 0.15) is 5.89 Å². The summed E-state index contributed by atoms with van der Waals surface area (Å²) in [5.41, 5.74) is 1.78. The molecule has 1 saturated heterocycles. The smallest absolute Gasteiger partial charge is 0.301 e. The fraction of sp³-hybridized carbons (Fsp3) is 0.300. The van der Waals surface area contributed by atoms with Gasteiger partial charge in [0.15, 0.2) is 11.5 Å². The first kappa shape index (κ1) is 10.5. The van der Waals surface area contributed by atoms with Gasteiger partial charge in [-0.25, -0.2) is 4.98 Å². The zero-order valence-corrected chi connectivity index (χ0v) is 9.99. The van der Waals surface area contributed by atoms with E-state index in [1.807, 2.05) is 0 Å². The molecular weight excluding hydrogens is 242 g/mol. The van der Waals surface area contributed by atoms with Crippen LogP contribution in [-0.4, -0.2) is 30.8 Å². The molecule has 2 aromatic rings. The van der Waals surface area contributed by atoms with Crippen LogP contribution in [0.5, 0.6) is 0 Å². The second kappa shape index (κ2) is 3.44. The molecule has 17 heavy (non-hydrogen) atoms. The van der Waals surface area contributed by atoms with Gasteiger partial charge < -0.3 is 4.42 Å². The van der Waals surface area contributed by atoms with Crippen molar-refractivity contribution in [2.45, 2.75) is 6.92 Å². The molecule has 1 aliphatic rings. The molecule has 0 aliphatic carbocycles. The van der Waals surface area contributed by atoms with Crippen LogP contribution in [0.3, 0.4) is 0 Å². The Morgan fingerprint density at radius 1 is 1.41 bits per heavy atom. The topological polar surface area (TPSA) is 75.2 Å². The Bertz CT molecular complexity index is 673. The summed E-state index contributed by atoms with van der Waals surface area (Å²) >= 11 is 0. The van der Waals surface area contributed by atoms with E-state index in [9.17, 15) is 8.42 Å². The number of oxazole rings is 1. The minimum absolute atomic E-state index is 0.487. The van der Waals surface area contributed by atoms with Crippen LogP contribution in [0.2, 0.25) is 0 Å². The fourth-order valence-electron chi connectivity index (χ4n) is 1.60. The van der Waals surface area contributed by atoms with Gasteiger partial charge in [-0.2, -0.15) is 12.7 Å². The first-order valence-corrected chi connectivity index (χ1v) is 6.64. The van der Waals surface area contributed by atoms with Gasteiger partial charge in [-0.1, -0.05) is 0 Å². The number of rotatable bonds is 3. The number of nitrogens with zero attached hydrogens (tertiary/aromatic N) is 2. The van der Waals surface area contributed by atoms with Gasteiger partial charge in [0.25, 0.3) is 0 Å². The van der Waals surface area contributed by atoms with Crippen LogP contribution < -0.4 is 4.72 Å². The third-order valence-electron chi connectivity index (χ3n) is 2.49. The molecule has 0 atom stereocenters. The molecule has 0 saturated carbocycles. The van der Waals surface area contributed by atoms with Gasteiger partial charge in [-0.3, -0.25) is 4.72 Å². The Kier molecular flexibility index (Phi) is 2.14. The van der Waals surface area contributed by atoms with Gasteiger partial charge in [0.05, 0.1) is 5.69 Å². The number of aromatic nitrogens is 1. The van der Waals surface area contributed by atoms with E-state index >= 15 is 0 Å². The first-order chi connectivity index (χ1) is 8.04. The van der Waals surface area contributed by atoms with Crippen LogP contribution in [0.4, 0.5) is 5.69 Å². The quantitative estimate of drug-likeness (QED) is 0.831. The number of hydrogen-bond donors (Lipinski definition) is 1. The predicted octanol–water partition coefficient (Wildman–Crippen LogP) is 1.11. The van der Waals surface area contributed by atoms with Crippen molar-refractivity contribution < 1.29 is 12.8 Å². The van der Waals surface area contributed by atoms with Crippen molar-refractivity contribution in [3.8, 4) is 0 Å². The van der Waals surface area contributed by atoms with Gasteiger partial charge in [-0.05, 0) is 12.1 Å². The van der Waals surface area contributed by atoms with E-state index in [0.29, 0.717) is 30.3 Å². The van der Waals surface area contributed by atoms with Crippen LogP contribution in [0.15, 0.2) is 22.6 Å². The van der Waals surface area contributed by atoms with Gasteiger partial charge in [0.2, 0.25) is 0 Å². The van der Waals surface area contributed by atoms with Crippen molar-refractivity contribution in [2.24, 2.45) is 0 Å². The maximum atomic E-state index is 11.7. The van der Waals surface area contributed by atoms with E-state index < -0.39 is 10.2 Å². The highest BCUT2D eigenvalue weighted by atomic mass is 32.2. The minimum Gasteiger partial charge on any atom is -0.441 e. The summed E-state index contributed by atoms with van der Waals surface area (Å²) in [6.45, 7) is 2.91. The number of fused-ring (bicyclic) bond motifs is 1. The molecule has 3 rings (SSSR count). The van der Waals surface area contributed by atoms with E-state index in [0.717, 1.165) is 5.52 Å². The van der Waals surface area contributed by atoms with Crippen molar-refractivity contribution in [1.82, 2.24) is 9.29 Å². The van der Waals surface area contributed by atoms with Gasteiger partial charge in [0, 0.05) is 26.1 Å². The molecule has 0 amide bonds. The molecule has 1 aromatic heterocycles. The largest absolute Gasteiger partial charge is 0.441 e. The number of hydrogen-bond acceptors (Lipinski definition) is 4. The first-order valence-electron chi connectivity index (χ1n) is 5.20. The average molecular weight is 253 g/mol. The van der Waals surface area contributed by atoms with Gasteiger partial charge in [-0.15, -0.1) is 0 Å². The van der Waals surface area contributed by atoms with E-state index in [2.05, 4.69) is 9.71 Å². The lowest BCUT2D eigenvalue weighted by Gasteiger charge is -2.06. The zero-order chi connectivity index (χ0) is 12.0. The molecule has 0 radical (unpaired) electrons. The van der Waals surface area contributed by atoms with E-state index in [1.54, 1.807) is 25.1 Å². The number of anilines is 1. The van der Waals surface area contributed by atoms with Crippen molar-refractivity contribution in [3.05, 3.63) is 24.1 Å². The maximum absolute atomic E-state index is 11.7. The molecule has 6 nitrogen and oxygen atoms in total. The third-order valence-corrected chi connectivity index (χ3v) is 4.03.